The molecule has 0 aromatic rings. The van der Waals surface area contributed by atoms with Crippen LogP contribution in [-0.2, 0) is 0 Å². The number of hydrogen-bond acceptors (Lipinski definition) is 3. The third-order valence-electron chi connectivity index (χ3n) is 4.41. The molecule has 0 radical (unpaired) electrons. The lowest BCUT2D eigenvalue weighted by Gasteiger charge is -2.32. The molecule has 1 saturated carbocycles. The van der Waals surface area contributed by atoms with Gasteiger partial charge in [0, 0.05) is 23.3 Å². The molecule has 164 valence electrons. The van der Waals surface area contributed by atoms with Gasteiger partial charge in [0.25, 0.3) is 0 Å². The maximum absolute atomic E-state index is 5.97. The highest BCUT2D eigenvalue weighted by atomic mass is 35.5. The molecule has 0 spiro atoms. The lowest BCUT2D eigenvalue weighted by Crippen LogP contribution is -2.34. The second-order valence-electron chi connectivity index (χ2n) is 6.25. The van der Waals surface area contributed by atoms with E-state index in [1.54, 1.807) is 0 Å². The van der Waals surface area contributed by atoms with E-state index in [0.29, 0.717) is 6.04 Å². The van der Waals surface area contributed by atoms with E-state index >= 15 is 0 Å². The van der Waals surface area contributed by atoms with Crippen molar-refractivity contribution < 1.29 is 0 Å². The first kappa shape index (κ1) is 29.1. The Labute approximate surface area is 181 Å². The molecule has 1 aliphatic carbocycles. The summed E-state index contributed by atoms with van der Waals surface area (Å²) in [7, 11) is 2.00. The average molecular weight is 412 g/mol. The smallest absolute Gasteiger partial charge is 0.0547 e. The summed E-state index contributed by atoms with van der Waals surface area (Å²) in [5, 5.41) is 11.3. The van der Waals surface area contributed by atoms with Gasteiger partial charge in [-0.25, -0.2) is 0 Å². The van der Waals surface area contributed by atoms with Crippen molar-refractivity contribution in [2.24, 2.45) is 5.10 Å². The van der Waals surface area contributed by atoms with E-state index in [4.69, 9.17) is 16.7 Å². The van der Waals surface area contributed by atoms with Gasteiger partial charge in [-0.05, 0) is 45.7 Å². The van der Waals surface area contributed by atoms with Gasteiger partial charge in [-0.1, -0.05) is 89.8 Å². The standard InChI is InChI=1S/C20H34ClN3.2C2H6/c1-4-18(21)12-8-7-11-17-24(20-13-9-6-10-14-20)23-19(5-2)15-16-22-3;2*1-2/h4,7-8,11-12,20,22H,5-6,9-10,13-17H2,1-3H3;2*1-2H3/b11-7+,12-8-,18-4+,23-19+;;. The second kappa shape index (κ2) is 22.2. The fourth-order valence-electron chi connectivity index (χ4n) is 2.89. The normalized spacial score (nSPS) is 15.9. The van der Waals surface area contributed by atoms with Crippen molar-refractivity contribution >= 4 is 17.3 Å². The highest BCUT2D eigenvalue weighted by Crippen LogP contribution is 2.23. The Balaban J connectivity index is 0. The number of allylic oxidation sites excluding steroid dienone is 5. The lowest BCUT2D eigenvalue weighted by atomic mass is 9.95. The minimum Gasteiger partial charge on any atom is -0.319 e. The molecule has 3 nitrogen and oxygen atoms in total. The van der Waals surface area contributed by atoms with Gasteiger partial charge in [0.2, 0.25) is 0 Å². The first-order chi connectivity index (χ1) is 13.7. The van der Waals surface area contributed by atoms with Gasteiger partial charge in [-0.2, -0.15) is 5.10 Å². The van der Waals surface area contributed by atoms with Crippen LogP contribution in [0.25, 0.3) is 0 Å². The van der Waals surface area contributed by atoms with Crippen LogP contribution in [0, 0.1) is 0 Å². The van der Waals surface area contributed by atoms with Gasteiger partial charge in [0.15, 0.2) is 0 Å². The maximum Gasteiger partial charge on any atom is 0.0547 e. The molecular weight excluding hydrogens is 366 g/mol. The molecule has 4 heteroatoms. The fraction of sp³-hybridized carbons (Fsp3) is 0.708. The zero-order valence-corrected chi connectivity index (χ0v) is 20.4. The molecule has 1 aliphatic rings. The Kier molecular flexibility index (Phi) is 23.1. The van der Waals surface area contributed by atoms with Gasteiger partial charge < -0.3 is 5.32 Å². The number of halogens is 1. The quantitative estimate of drug-likeness (QED) is 0.232. The van der Waals surface area contributed by atoms with Crippen LogP contribution in [0.3, 0.4) is 0 Å². The predicted octanol–water partition coefficient (Wildman–Crippen LogP) is 7.30. The molecule has 1 fully saturated rings. The Bertz CT molecular complexity index is 447. The molecule has 1 rings (SSSR count). The van der Waals surface area contributed by atoms with Crippen molar-refractivity contribution in [2.45, 2.75) is 92.5 Å². The van der Waals surface area contributed by atoms with Crippen molar-refractivity contribution in [2.75, 3.05) is 20.1 Å². The summed E-state index contributed by atoms with van der Waals surface area (Å²) in [5.41, 5.74) is 1.29. The number of rotatable bonds is 10. The van der Waals surface area contributed by atoms with Crippen LogP contribution in [-0.4, -0.2) is 36.9 Å². The molecule has 0 unspecified atom stereocenters. The van der Waals surface area contributed by atoms with E-state index in [9.17, 15) is 0 Å². The molecule has 0 bridgehead atoms. The van der Waals surface area contributed by atoms with E-state index in [2.05, 4.69) is 29.4 Å². The largest absolute Gasteiger partial charge is 0.319 e. The van der Waals surface area contributed by atoms with Crippen LogP contribution in [0.4, 0.5) is 0 Å². The molecule has 0 heterocycles. The molecule has 1 N–H and O–H groups in total. The number of hydrogen-bond donors (Lipinski definition) is 1. The van der Waals surface area contributed by atoms with E-state index in [0.717, 1.165) is 31.0 Å². The summed E-state index contributed by atoms with van der Waals surface area (Å²) in [5.74, 6) is 0. The second-order valence-corrected chi connectivity index (χ2v) is 6.68. The Morgan fingerprint density at radius 3 is 2.29 bits per heavy atom. The van der Waals surface area contributed by atoms with Gasteiger partial charge in [0.05, 0.1) is 6.54 Å². The summed E-state index contributed by atoms with van der Waals surface area (Å²) < 4.78 is 0. The van der Waals surface area contributed by atoms with Crippen LogP contribution >= 0.6 is 11.6 Å². The highest BCUT2D eigenvalue weighted by Gasteiger charge is 2.19. The van der Waals surface area contributed by atoms with E-state index < -0.39 is 0 Å². The summed E-state index contributed by atoms with van der Waals surface area (Å²) in [6.07, 6.45) is 18.6. The van der Waals surface area contributed by atoms with Crippen LogP contribution in [0.1, 0.15) is 86.5 Å². The predicted molar refractivity (Wildman–Crippen MR) is 130 cm³/mol. The summed E-state index contributed by atoms with van der Waals surface area (Å²) in [6.45, 7) is 14.0. The SMILES string of the molecule is CC.CC.C\C=C(Cl)/C=C\C=C\CN(/N=C(\CC)CCNC)C1CCCCC1. The van der Waals surface area contributed by atoms with E-state index in [1.807, 2.05) is 59.9 Å². The van der Waals surface area contributed by atoms with E-state index in [1.165, 1.54) is 37.8 Å². The van der Waals surface area contributed by atoms with Gasteiger partial charge >= 0.3 is 0 Å². The van der Waals surface area contributed by atoms with Crippen molar-refractivity contribution in [3.63, 3.8) is 0 Å². The van der Waals surface area contributed by atoms with Crippen molar-refractivity contribution in [3.05, 3.63) is 35.4 Å². The Morgan fingerprint density at radius 1 is 1.11 bits per heavy atom. The molecule has 0 atom stereocenters. The van der Waals surface area contributed by atoms with Crippen molar-refractivity contribution in [1.82, 2.24) is 10.3 Å². The maximum atomic E-state index is 5.97. The molecule has 0 amide bonds. The lowest BCUT2D eigenvalue weighted by molar-refractivity contribution is 0.178. The van der Waals surface area contributed by atoms with Crippen molar-refractivity contribution in [1.29, 1.82) is 0 Å². The first-order valence-corrected chi connectivity index (χ1v) is 11.7. The van der Waals surface area contributed by atoms with Gasteiger partial charge in [-0.3, -0.25) is 5.01 Å². The fourth-order valence-corrected chi connectivity index (χ4v) is 2.96. The number of nitrogens with zero attached hydrogens (tertiary/aromatic N) is 2. The van der Waals surface area contributed by atoms with E-state index in [-0.39, 0.29) is 0 Å². The highest BCUT2D eigenvalue weighted by molar-refractivity contribution is 6.31. The molecule has 28 heavy (non-hydrogen) atoms. The number of nitrogens with one attached hydrogen (secondary N) is 1. The molecule has 0 saturated heterocycles. The summed E-state index contributed by atoms with van der Waals surface area (Å²) in [6, 6.07) is 0.586. The third-order valence-corrected chi connectivity index (χ3v) is 4.75. The van der Waals surface area contributed by atoms with Crippen LogP contribution < -0.4 is 5.32 Å². The minimum atomic E-state index is 0.586. The molecule has 0 aliphatic heterocycles. The van der Waals surface area contributed by atoms with Crippen LogP contribution in [0.15, 0.2) is 40.5 Å². The van der Waals surface area contributed by atoms with Crippen molar-refractivity contribution in [3.8, 4) is 0 Å². The zero-order chi connectivity index (χ0) is 21.6. The Morgan fingerprint density at radius 2 is 1.75 bits per heavy atom. The third kappa shape index (κ3) is 14.9. The minimum absolute atomic E-state index is 0.586. The average Bonchev–Trinajstić information content (AvgIpc) is 2.78. The molecular formula is C24H46ClN3. The van der Waals surface area contributed by atoms with Gasteiger partial charge in [-0.15, -0.1) is 0 Å². The topological polar surface area (TPSA) is 27.6 Å². The van der Waals surface area contributed by atoms with Crippen LogP contribution in [0.2, 0.25) is 0 Å². The monoisotopic (exact) mass is 411 g/mol. The molecule has 0 aromatic carbocycles. The van der Waals surface area contributed by atoms with Gasteiger partial charge in [0.1, 0.15) is 0 Å². The van der Waals surface area contributed by atoms with Crippen LogP contribution in [0.5, 0.6) is 0 Å². The Hall–Kier alpha value is -1.06. The number of hydrazone groups is 1. The summed E-state index contributed by atoms with van der Waals surface area (Å²) >= 11 is 5.97. The zero-order valence-electron chi connectivity index (χ0n) is 19.6. The molecule has 0 aromatic heterocycles. The summed E-state index contributed by atoms with van der Waals surface area (Å²) in [4.78, 5) is 0. The first-order valence-electron chi connectivity index (χ1n) is 11.3.